The van der Waals surface area contributed by atoms with Gasteiger partial charge in [0, 0.05) is 6.42 Å². The molecule has 0 aromatic heterocycles. The highest BCUT2D eigenvalue weighted by atomic mass is 35.5. The summed E-state index contributed by atoms with van der Waals surface area (Å²) in [6.45, 7) is 3.71. The predicted octanol–water partition coefficient (Wildman–Crippen LogP) is 3.45. The fourth-order valence-electron chi connectivity index (χ4n) is 1.83. The van der Waals surface area contributed by atoms with Crippen LogP contribution in [0.2, 0.25) is 10.0 Å². The zero-order valence-corrected chi connectivity index (χ0v) is 11.6. The summed E-state index contributed by atoms with van der Waals surface area (Å²) in [6.07, 6.45) is 0.469. The van der Waals surface area contributed by atoms with Crippen LogP contribution >= 0.6 is 23.2 Å². The normalized spacial score (nSPS) is 13.8. The van der Waals surface area contributed by atoms with Crippen LogP contribution in [0.3, 0.4) is 0 Å². The van der Waals surface area contributed by atoms with Crippen molar-refractivity contribution >= 4 is 23.2 Å². The molecule has 2 nitrogen and oxygen atoms in total. The van der Waals surface area contributed by atoms with Gasteiger partial charge in [0.05, 0.1) is 21.8 Å². The van der Waals surface area contributed by atoms with Crippen LogP contribution in [0.5, 0.6) is 0 Å². The summed E-state index contributed by atoms with van der Waals surface area (Å²) in [5.41, 5.74) is -0.307. The number of hydrogen-bond acceptors (Lipinski definition) is 2. The first-order valence-electron chi connectivity index (χ1n) is 5.78. The molecule has 1 rings (SSSR count). The number of aliphatic hydroxyl groups is 2. The number of halogens is 2. The first kappa shape index (κ1) is 14.8. The first-order chi connectivity index (χ1) is 7.94. The standard InChI is InChI=1S/C13H18Cl2O2/c1-3-13(17,4-2)11(16)8-9-6-5-7-10(14)12(9)15/h5-7,11,16-17H,3-4,8H2,1-2H3. The van der Waals surface area contributed by atoms with E-state index < -0.39 is 11.7 Å². The van der Waals surface area contributed by atoms with Gasteiger partial charge in [-0.1, -0.05) is 49.2 Å². The summed E-state index contributed by atoms with van der Waals surface area (Å²) in [5, 5.41) is 21.2. The van der Waals surface area contributed by atoms with Gasteiger partial charge in [0.25, 0.3) is 0 Å². The fraction of sp³-hybridized carbons (Fsp3) is 0.538. The van der Waals surface area contributed by atoms with Gasteiger partial charge in [-0.05, 0) is 24.5 Å². The molecule has 96 valence electrons. The Kier molecular flexibility index (Phi) is 5.26. The highest BCUT2D eigenvalue weighted by Gasteiger charge is 2.32. The quantitative estimate of drug-likeness (QED) is 0.865. The van der Waals surface area contributed by atoms with E-state index in [1.54, 1.807) is 12.1 Å². The molecular formula is C13H18Cl2O2. The van der Waals surface area contributed by atoms with Crippen molar-refractivity contribution in [3.63, 3.8) is 0 Å². The Morgan fingerprint density at radius 1 is 1.24 bits per heavy atom. The summed E-state index contributed by atoms with van der Waals surface area (Å²) in [6, 6.07) is 5.29. The topological polar surface area (TPSA) is 40.5 Å². The van der Waals surface area contributed by atoms with Crippen LogP contribution < -0.4 is 0 Å². The van der Waals surface area contributed by atoms with Crippen molar-refractivity contribution in [1.82, 2.24) is 0 Å². The molecule has 17 heavy (non-hydrogen) atoms. The third kappa shape index (κ3) is 3.35. The molecule has 0 aliphatic rings. The second-order valence-electron chi connectivity index (χ2n) is 4.24. The lowest BCUT2D eigenvalue weighted by Crippen LogP contribution is -2.42. The van der Waals surface area contributed by atoms with Gasteiger partial charge in [-0.25, -0.2) is 0 Å². The molecule has 0 aliphatic heterocycles. The van der Waals surface area contributed by atoms with Crippen molar-refractivity contribution in [3.05, 3.63) is 33.8 Å². The second-order valence-corrected chi connectivity index (χ2v) is 5.03. The smallest absolute Gasteiger partial charge is 0.0903 e. The van der Waals surface area contributed by atoms with Crippen molar-refractivity contribution in [2.75, 3.05) is 0 Å². The van der Waals surface area contributed by atoms with E-state index >= 15 is 0 Å². The molecular weight excluding hydrogens is 259 g/mol. The maximum Gasteiger partial charge on any atom is 0.0903 e. The van der Waals surface area contributed by atoms with E-state index in [1.165, 1.54) is 0 Å². The van der Waals surface area contributed by atoms with Crippen molar-refractivity contribution in [3.8, 4) is 0 Å². The van der Waals surface area contributed by atoms with Gasteiger partial charge in [-0.3, -0.25) is 0 Å². The lowest BCUT2D eigenvalue weighted by Gasteiger charge is -2.31. The van der Waals surface area contributed by atoms with Crippen LogP contribution in [0.15, 0.2) is 18.2 Å². The Morgan fingerprint density at radius 2 is 1.82 bits per heavy atom. The Balaban J connectivity index is 2.88. The molecule has 0 radical (unpaired) electrons. The maximum absolute atomic E-state index is 10.2. The van der Waals surface area contributed by atoms with Crippen LogP contribution in [0.1, 0.15) is 32.3 Å². The Bertz CT molecular complexity index is 376. The summed E-state index contributed by atoms with van der Waals surface area (Å²) in [5.74, 6) is 0. The van der Waals surface area contributed by atoms with Gasteiger partial charge >= 0.3 is 0 Å². The van der Waals surface area contributed by atoms with Crippen molar-refractivity contribution in [2.24, 2.45) is 0 Å². The number of rotatable bonds is 5. The Morgan fingerprint density at radius 3 is 2.35 bits per heavy atom. The molecule has 0 bridgehead atoms. The molecule has 0 aliphatic carbocycles. The van der Waals surface area contributed by atoms with Gasteiger partial charge in [0.1, 0.15) is 0 Å². The average Bonchev–Trinajstić information content (AvgIpc) is 2.33. The molecule has 4 heteroatoms. The van der Waals surface area contributed by atoms with Gasteiger partial charge in [0.2, 0.25) is 0 Å². The summed E-state index contributed by atoms with van der Waals surface area (Å²) >= 11 is 12.0. The zero-order valence-electron chi connectivity index (χ0n) is 10.1. The molecule has 0 saturated carbocycles. The van der Waals surface area contributed by atoms with Crippen LogP contribution in [0.25, 0.3) is 0 Å². The monoisotopic (exact) mass is 276 g/mol. The van der Waals surface area contributed by atoms with E-state index in [0.29, 0.717) is 29.3 Å². The second kappa shape index (κ2) is 6.05. The number of aliphatic hydroxyl groups excluding tert-OH is 1. The van der Waals surface area contributed by atoms with E-state index in [-0.39, 0.29) is 0 Å². The summed E-state index contributed by atoms with van der Waals surface area (Å²) < 4.78 is 0. The zero-order chi connectivity index (χ0) is 13.1. The van der Waals surface area contributed by atoms with Crippen LogP contribution in [0.4, 0.5) is 0 Å². The number of benzene rings is 1. The molecule has 1 atom stereocenters. The Labute approximate surface area is 112 Å². The van der Waals surface area contributed by atoms with E-state index in [1.807, 2.05) is 19.9 Å². The lowest BCUT2D eigenvalue weighted by molar-refractivity contribution is -0.0790. The van der Waals surface area contributed by atoms with Gasteiger partial charge in [-0.2, -0.15) is 0 Å². The third-order valence-corrected chi connectivity index (χ3v) is 4.15. The predicted molar refractivity (Wildman–Crippen MR) is 71.7 cm³/mol. The van der Waals surface area contributed by atoms with Crippen molar-refractivity contribution in [1.29, 1.82) is 0 Å². The summed E-state index contributed by atoms with van der Waals surface area (Å²) in [4.78, 5) is 0. The highest BCUT2D eigenvalue weighted by molar-refractivity contribution is 6.42. The molecule has 0 heterocycles. The van der Waals surface area contributed by atoms with Crippen LogP contribution in [-0.4, -0.2) is 21.9 Å². The molecule has 2 N–H and O–H groups in total. The fourth-order valence-corrected chi connectivity index (χ4v) is 2.22. The van der Waals surface area contributed by atoms with E-state index in [2.05, 4.69) is 0 Å². The third-order valence-electron chi connectivity index (χ3n) is 3.29. The maximum atomic E-state index is 10.2. The Hall–Kier alpha value is -0.280. The molecule has 0 saturated heterocycles. The molecule has 1 aromatic carbocycles. The van der Waals surface area contributed by atoms with Gasteiger partial charge < -0.3 is 10.2 Å². The van der Waals surface area contributed by atoms with Gasteiger partial charge in [-0.15, -0.1) is 0 Å². The van der Waals surface area contributed by atoms with Crippen LogP contribution in [-0.2, 0) is 6.42 Å². The van der Waals surface area contributed by atoms with Gasteiger partial charge in [0.15, 0.2) is 0 Å². The van der Waals surface area contributed by atoms with Crippen molar-refractivity contribution in [2.45, 2.75) is 44.8 Å². The minimum Gasteiger partial charge on any atom is -0.390 e. The lowest BCUT2D eigenvalue weighted by atomic mass is 9.87. The highest BCUT2D eigenvalue weighted by Crippen LogP contribution is 2.29. The average molecular weight is 277 g/mol. The molecule has 0 amide bonds. The SMILES string of the molecule is CCC(O)(CC)C(O)Cc1cccc(Cl)c1Cl. The minimum absolute atomic E-state index is 0.303. The molecule has 1 aromatic rings. The van der Waals surface area contributed by atoms with E-state index in [9.17, 15) is 10.2 Å². The minimum atomic E-state index is -1.06. The largest absolute Gasteiger partial charge is 0.390 e. The molecule has 1 unspecified atom stereocenters. The van der Waals surface area contributed by atoms with E-state index in [4.69, 9.17) is 23.2 Å². The first-order valence-corrected chi connectivity index (χ1v) is 6.53. The molecule has 0 spiro atoms. The van der Waals surface area contributed by atoms with Crippen molar-refractivity contribution < 1.29 is 10.2 Å². The molecule has 0 fully saturated rings. The van der Waals surface area contributed by atoms with E-state index in [0.717, 1.165) is 5.56 Å². The number of hydrogen-bond donors (Lipinski definition) is 2. The summed E-state index contributed by atoms with van der Waals surface area (Å²) in [7, 11) is 0. The van der Waals surface area contributed by atoms with Crippen LogP contribution in [0, 0.1) is 0 Å².